The molecule has 0 saturated carbocycles. The van der Waals surface area contributed by atoms with E-state index in [-0.39, 0.29) is 24.0 Å². The third-order valence-electron chi connectivity index (χ3n) is 1.70. The van der Waals surface area contributed by atoms with Gasteiger partial charge in [-0.25, -0.2) is 9.55 Å². The number of aromatic nitrogens is 2. The topological polar surface area (TPSA) is 78.0 Å². The molecule has 0 aliphatic rings. The Morgan fingerprint density at radius 2 is 2.43 bits per heavy atom. The van der Waals surface area contributed by atoms with Crippen molar-refractivity contribution in [1.29, 1.82) is 0 Å². The second kappa shape index (κ2) is 4.19. The number of hydrogen-bond acceptors (Lipinski definition) is 4. The zero-order valence-corrected chi connectivity index (χ0v) is 8.19. The minimum absolute atomic E-state index is 0.106. The molecule has 0 aliphatic carbocycles. The van der Waals surface area contributed by atoms with E-state index < -0.39 is 4.92 Å². The molecular formula is C7H8ClN3O3. The second-order valence-corrected chi connectivity index (χ2v) is 2.95. The van der Waals surface area contributed by atoms with Gasteiger partial charge in [0.2, 0.25) is 0 Å². The summed E-state index contributed by atoms with van der Waals surface area (Å²) in [6.45, 7) is 1.49. The van der Waals surface area contributed by atoms with Crippen LogP contribution in [0.4, 0.5) is 5.82 Å². The maximum atomic E-state index is 11.0. The lowest BCUT2D eigenvalue weighted by Gasteiger charge is -1.99. The fourth-order valence-electron chi connectivity index (χ4n) is 1.02. The summed E-state index contributed by atoms with van der Waals surface area (Å²) < 4.78 is 1.23. The standard InChI is InChI=1S/C7H8ClN3O3/c1-5-9-3-7(11(13)14)10(5)4-6(12)2-8/h3H,2,4H2,1H3. The Kier molecular flexibility index (Phi) is 3.19. The molecule has 0 fully saturated rings. The number of nitrogens with zero attached hydrogens (tertiary/aromatic N) is 3. The number of rotatable bonds is 4. The smallest absolute Gasteiger partial charge is 0.343 e. The Hall–Kier alpha value is -1.43. The van der Waals surface area contributed by atoms with Crippen LogP contribution in [0.1, 0.15) is 5.82 Å². The van der Waals surface area contributed by atoms with E-state index >= 15 is 0 Å². The van der Waals surface area contributed by atoms with Crippen molar-refractivity contribution in [2.75, 3.05) is 5.88 Å². The van der Waals surface area contributed by atoms with Crippen LogP contribution in [0.5, 0.6) is 0 Å². The van der Waals surface area contributed by atoms with Crippen molar-refractivity contribution in [3.8, 4) is 0 Å². The highest BCUT2D eigenvalue weighted by Crippen LogP contribution is 2.13. The second-order valence-electron chi connectivity index (χ2n) is 2.68. The van der Waals surface area contributed by atoms with E-state index in [9.17, 15) is 14.9 Å². The molecule has 0 bridgehead atoms. The van der Waals surface area contributed by atoms with E-state index in [1.165, 1.54) is 4.57 Å². The van der Waals surface area contributed by atoms with Crippen LogP contribution < -0.4 is 0 Å². The number of carbonyl (C=O) groups excluding carboxylic acids is 1. The van der Waals surface area contributed by atoms with Crippen molar-refractivity contribution in [2.45, 2.75) is 13.5 Å². The number of ketones is 1. The molecule has 1 rings (SSSR count). The van der Waals surface area contributed by atoms with E-state index in [0.717, 1.165) is 6.20 Å². The van der Waals surface area contributed by atoms with E-state index in [2.05, 4.69) is 4.98 Å². The third-order valence-corrected chi connectivity index (χ3v) is 2.00. The van der Waals surface area contributed by atoms with Crippen LogP contribution in [-0.4, -0.2) is 26.1 Å². The number of hydrogen-bond donors (Lipinski definition) is 0. The van der Waals surface area contributed by atoms with Crippen molar-refractivity contribution < 1.29 is 9.72 Å². The monoisotopic (exact) mass is 217 g/mol. The first kappa shape index (κ1) is 10.6. The van der Waals surface area contributed by atoms with E-state index in [0.29, 0.717) is 5.82 Å². The highest BCUT2D eigenvalue weighted by molar-refractivity contribution is 6.27. The Labute approximate surface area is 84.6 Å². The summed E-state index contributed by atoms with van der Waals surface area (Å²) in [6.07, 6.45) is 1.12. The number of imidazole rings is 1. The summed E-state index contributed by atoms with van der Waals surface area (Å²) in [6, 6.07) is 0. The molecule has 0 spiro atoms. The van der Waals surface area contributed by atoms with Crippen LogP contribution >= 0.6 is 11.6 Å². The molecule has 6 nitrogen and oxygen atoms in total. The predicted molar refractivity (Wildman–Crippen MR) is 49.3 cm³/mol. The van der Waals surface area contributed by atoms with Gasteiger partial charge in [0.1, 0.15) is 6.20 Å². The van der Waals surface area contributed by atoms with Crippen molar-refractivity contribution in [1.82, 2.24) is 9.55 Å². The van der Waals surface area contributed by atoms with Gasteiger partial charge in [0.15, 0.2) is 18.2 Å². The first-order valence-corrected chi connectivity index (χ1v) is 4.34. The molecule has 0 aliphatic heterocycles. The van der Waals surface area contributed by atoms with E-state index in [1.54, 1.807) is 6.92 Å². The highest BCUT2D eigenvalue weighted by atomic mass is 35.5. The average molecular weight is 218 g/mol. The Morgan fingerprint density at radius 3 is 2.93 bits per heavy atom. The van der Waals surface area contributed by atoms with E-state index in [4.69, 9.17) is 11.6 Å². The molecule has 0 atom stereocenters. The number of carbonyl (C=O) groups is 1. The van der Waals surface area contributed by atoms with E-state index in [1.807, 2.05) is 0 Å². The lowest BCUT2D eigenvalue weighted by Crippen LogP contribution is -2.14. The van der Waals surface area contributed by atoms with Crippen molar-refractivity contribution in [3.05, 3.63) is 22.1 Å². The molecule has 7 heteroatoms. The fourth-order valence-corrected chi connectivity index (χ4v) is 1.10. The van der Waals surface area contributed by atoms with Crippen LogP contribution in [0.15, 0.2) is 6.20 Å². The molecule has 1 aromatic rings. The SMILES string of the molecule is Cc1ncc([N+](=O)[O-])n1CC(=O)CCl. The Balaban J connectivity index is 2.99. The van der Waals surface area contributed by atoms with Gasteiger partial charge in [-0.3, -0.25) is 4.79 Å². The first-order chi connectivity index (χ1) is 6.56. The summed E-state index contributed by atoms with van der Waals surface area (Å²) in [5, 5.41) is 10.5. The summed E-state index contributed by atoms with van der Waals surface area (Å²) in [5.74, 6) is -0.207. The lowest BCUT2D eigenvalue weighted by atomic mass is 10.4. The molecule has 0 aromatic carbocycles. The largest absolute Gasteiger partial charge is 0.358 e. The number of halogens is 1. The molecule has 0 amide bonds. The van der Waals surface area contributed by atoms with Crippen molar-refractivity contribution in [2.24, 2.45) is 0 Å². The minimum Gasteiger partial charge on any atom is -0.358 e. The van der Waals surface area contributed by atoms with Gasteiger partial charge >= 0.3 is 5.82 Å². The summed E-state index contributed by atoms with van der Waals surface area (Å²) >= 11 is 5.30. The minimum atomic E-state index is -0.582. The first-order valence-electron chi connectivity index (χ1n) is 3.80. The number of Topliss-reactive ketones (excluding diaryl/α,β-unsaturated/α-hetero) is 1. The molecule has 0 unspecified atom stereocenters. The summed E-state index contributed by atoms with van der Waals surface area (Å²) in [5.41, 5.74) is 0. The fraction of sp³-hybridized carbons (Fsp3) is 0.429. The van der Waals surface area contributed by atoms with Gasteiger partial charge in [-0.1, -0.05) is 0 Å². The van der Waals surface area contributed by atoms with Crippen molar-refractivity contribution >= 4 is 23.2 Å². The van der Waals surface area contributed by atoms with Crippen LogP contribution in [0, 0.1) is 17.0 Å². The number of aryl methyl sites for hydroxylation is 1. The zero-order chi connectivity index (χ0) is 10.7. The van der Waals surface area contributed by atoms with Crippen LogP contribution in [0.3, 0.4) is 0 Å². The molecule has 0 radical (unpaired) electrons. The van der Waals surface area contributed by atoms with Gasteiger partial charge in [-0.15, -0.1) is 11.6 Å². The van der Waals surface area contributed by atoms with Gasteiger partial charge in [-0.2, -0.15) is 0 Å². The maximum Gasteiger partial charge on any atom is 0.343 e. The molecule has 0 saturated heterocycles. The molecule has 1 aromatic heterocycles. The van der Waals surface area contributed by atoms with Crippen LogP contribution in [-0.2, 0) is 11.3 Å². The van der Waals surface area contributed by atoms with Gasteiger partial charge in [-0.05, 0) is 4.92 Å². The van der Waals surface area contributed by atoms with Gasteiger partial charge < -0.3 is 10.1 Å². The molecule has 0 N–H and O–H groups in total. The molecular weight excluding hydrogens is 210 g/mol. The summed E-state index contributed by atoms with van der Waals surface area (Å²) in [7, 11) is 0. The normalized spacial score (nSPS) is 10.1. The summed E-state index contributed by atoms with van der Waals surface area (Å²) in [4.78, 5) is 24.7. The van der Waals surface area contributed by atoms with Crippen LogP contribution in [0.2, 0.25) is 0 Å². The third kappa shape index (κ3) is 2.08. The van der Waals surface area contributed by atoms with Crippen molar-refractivity contribution in [3.63, 3.8) is 0 Å². The van der Waals surface area contributed by atoms with Gasteiger partial charge in [0.25, 0.3) is 0 Å². The number of nitro groups is 1. The van der Waals surface area contributed by atoms with Gasteiger partial charge in [0.05, 0.1) is 5.88 Å². The van der Waals surface area contributed by atoms with Crippen LogP contribution in [0.25, 0.3) is 0 Å². The predicted octanol–water partition coefficient (Wildman–Crippen LogP) is 0.908. The molecule has 76 valence electrons. The highest BCUT2D eigenvalue weighted by Gasteiger charge is 2.19. The lowest BCUT2D eigenvalue weighted by molar-refractivity contribution is -0.392. The average Bonchev–Trinajstić information content (AvgIpc) is 2.48. The quantitative estimate of drug-likeness (QED) is 0.427. The zero-order valence-electron chi connectivity index (χ0n) is 7.44. The number of alkyl halides is 1. The Bertz CT molecular complexity index is 374. The molecule has 14 heavy (non-hydrogen) atoms. The van der Waals surface area contributed by atoms with Gasteiger partial charge in [0, 0.05) is 6.92 Å². The molecule has 1 heterocycles. The maximum absolute atomic E-state index is 11.0. The Morgan fingerprint density at radius 1 is 1.79 bits per heavy atom.